The van der Waals surface area contributed by atoms with Gasteiger partial charge in [0.25, 0.3) is 0 Å². The van der Waals surface area contributed by atoms with Crippen LogP contribution >= 0.6 is 0 Å². The zero-order valence-electron chi connectivity index (χ0n) is 12.5. The number of rotatable bonds is 6. The van der Waals surface area contributed by atoms with Crippen molar-refractivity contribution in [2.75, 3.05) is 0 Å². The summed E-state index contributed by atoms with van der Waals surface area (Å²) in [6.07, 6.45) is 5.12. The molecule has 0 aliphatic heterocycles. The van der Waals surface area contributed by atoms with Gasteiger partial charge in [-0.2, -0.15) is 0 Å². The van der Waals surface area contributed by atoms with Crippen molar-refractivity contribution in [3.63, 3.8) is 0 Å². The number of carbonyl (C=O) groups is 2. The second kappa shape index (κ2) is 7.81. The fraction of sp³-hybridized carbons (Fsp3) is 0.158. The number of carbonyl (C=O) groups excluding carboxylic acids is 1. The van der Waals surface area contributed by atoms with Crippen molar-refractivity contribution in [2.24, 2.45) is 0 Å². The molecular formula is C19H17NO3. The van der Waals surface area contributed by atoms with Gasteiger partial charge in [-0.3, -0.25) is 4.79 Å². The van der Waals surface area contributed by atoms with Crippen molar-refractivity contribution in [1.29, 1.82) is 0 Å². The van der Waals surface area contributed by atoms with Crippen molar-refractivity contribution < 1.29 is 14.7 Å². The summed E-state index contributed by atoms with van der Waals surface area (Å²) in [6.45, 7) is 0. The van der Waals surface area contributed by atoms with Gasteiger partial charge in [0, 0.05) is 6.42 Å². The minimum Gasteiger partial charge on any atom is -0.480 e. The molecule has 116 valence electrons. The van der Waals surface area contributed by atoms with Crippen molar-refractivity contribution in [3.8, 4) is 12.3 Å². The first-order chi connectivity index (χ1) is 11.1. The molecule has 0 bridgehead atoms. The average molecular weight is 307 g/mol. The van der Waals surface area contributed by atoms with E-state index in [-0.39, 0.29) is 12.3 Å². The van der Waals surface area contributed by atoms with E-state index in [9.17, 15) is 9.59 Å². The number of benzene rings is 2. The highest BCUT2D eigenvalue weighted by Crippen LogP contribution is 2.24. The lowest BCUT2D eigenvalue weighted by atomic mass is 9.90. The topological polar surface area (TPSA) is 66.4 Å². The van der Waals surface area contributed by atoms with E-state index in [0.29, 0.717) is 0 Å². The summed E-state index contributed by atoms with van der Waals surface area (Å²) in [5, 5.41) is 11.7. The maximum Gasteiger partial charge on any atom is 0.327 e. The van der Waals surface area contributed by atoms with E-state index in [1.165, 1.54) is 0 Å². The number of hydrogen-bond donors (Lipinski definition) is 2. The molecule has 1 atom stereocenters. The van der Waals surface area contributed by atoms with Crippen LogP contribution in [0, 0.1) is 12.3 Å². The first-order valence-corrected chi connectivity index (χ1v) is 7.20. The minimum absolute atomic E-state index is 0.0582. The Morgan fingerprint density at radius 1 is 1.00 bits per heavy atom. The highest BCUT2D eigenvalue weighted by molar-refractivity contribution is 5.90. The molecule has 0 saturated carbocycles. The van der Waals surface area contributed by atoms with Gasteiger partial charge in [-0.15, -0.1) is 12.3 Å². The van der Waals surface area contributed by atoms with E-state index in [1.807, 2.05) is 60.7 Å². The number of nitrogens with one attached hydrogen (secondary N) is 1. The molecule has 1 amide bonds. The molecule has 23 heavy (non-hydrogen) atoms. The lowest BCUT2D eigenvalue weighted by molar-refractivity contribution is -0.141. The molecule has 4 heteroatoms. The number of hydrogen-bond acceptors (Lipinski definition) is 2. The van der Waals surface area contributed by atoms with Gasteiger partial charge in [-0.1, -0.05) is 60.7 Å². The van der Waals surface area contributed by atoms with E-state index in [4.69, 9.17) is 11.5 Å². The third kappa shape index (κ3) is 4.21. The Morgan fingerprint density at radius 3 is 1.87 bits per heavy atom. The monoisotopic (exact) mass is 307 g/mol. The molecule has 0 spiro atoms. The van der Waals surface area contributed by atoms with Crippen molar-refractivity contribution in [1.82, 2.24) is 5.32 Å². The zero-order chi connectivity index (χ0) is 16.7. The average Bonchev–Trinajstić information content (AvgIpc) is 2.56. The van der Waals surface area contributed by atoms with Gasteiger partial charge in [0.2, 0.25) is 5.91 Å². The summed E-state index contributed by atoms with van der Waals surface area (Å²) >= 11 is 0. The van der Waals surface area contributed by atoms with Crippen LogP contribution < -0.4 is 5.32 Å². The molecule has 0 aliphatic rings. The van der Waals surface area contributed by atoms with E-state index in [1.54, 1.807) is 0 Å². The van der Waals surface area contributed by atoms with Crippen LogP contribution in [-0.2, 0) is 9.59 Å². The second-order valence-electron chi connectivity index (χ2n) is 5.06. The molecule has 0 fully saturated rings. The van der Waals surface area contributed by atoms with Gasteiger partial charge in [0.1, 0.15) is 6.04 Å². The van der Waals surface area contributed by atoms with Crippen LogP contribution in [0.1, 0.15) is 23.5 Å². The standard InChI is InChI=1S/C19H17NO3/c1-2-9-16(19(22)23)20-18(21)17(14-10-5-3-6-11-14)15-12-7-4-8-13-15/h1,3-8,10-13,16-17H,9H2,(H,20,21)(H,22,23)/t16-/m0/s1. The summed E-state index contributed by atoms with van der Waals surface area (Å²) in [7, 11) is 0. The Kier molecular flexibility index (Phi) is 5.54. The third-order valence-electron chi connectivity index (χ3n) is 3.46. The quantitative estimate of drug-likeness (QED) is 0.805. The highest BCUT2D eigenvalue weighted by Gasteiger charge is 2.27. The molecule has 0 unspecified atom stereocenters. The maximum atomic E-state index is 12.7. The molecule has 4 nitrogen and oxygen atoms in total. The summed E-state index contributed by atoms with van der Waals surface area (Å²) < 4.78 is 0. The van der Waals surface area contributed by atoms with Gasteiger partial charge in [0.05, 0.1) is 5.92 Å². The largest absolute Gasteiger partial charge is 0.480 e. The highest BCUT2D eigenvalue weighted by atomic mass is 16.4. The Hall–Kier alpha value is -3.06. The van der Waals surface area contributed by atoms with E-state index in [2.05, 4.69) is 11.2 Å². The molecular weight excluding hydrogens is 290 g/mol. The molecule has 2 rings (SSSR count). The predicted molar refractivity (Wildman–Crippen MR) is 87.7 cm³/mol. The van der Waals surface area contributed by atoms with Gasteiger partial charge in [0.15, 0.2) is 0 Å². The van der Waals surface area contributed by atoms with Crippen LogP contribution in [0.15, 0.2) is 60.7 Å². The van der Waals surface area contributed by atoms with Gasteiger partial charge in [-0.25, -0.2) is 4.79 Å². The fourth-order valence-corrected chi connectivity index (χ4v) is 2.36. The summed E-state index contributed by atoms with van der Waals surface area (Å²) in [5.41, 5.74) is 1.59. The molecule has 0 radical (unpaired) electrons. The molecule has 2 aromatic rings. The van der Waals surface area contributed by atoms with Crippen LogP contribution in [0.4, 0.5) is 0 Å². The predicted octanol–water partition coefficient (Wildman–Crippen LogP) is 2.41. The fourth-order valence-electron chi connectivity index (χ4n) is 2.36. The molecule has 0 aliphatic carbocycles. The Morgan fingerprint density at radius 2 is 1.48 bits per heavy atom. The van der Waals surface area contributed by atoms with Crippen molar-refractivity contribution in [3.05, 3.63) is 71.8 Å². The van der Waals surface area contributed by atoms with Crippen LogP contribution in [0.5, 0.6) is 0 Å². The van der Waals surface area contributed by atoms with Crippen LogP contribution in [0.3, 0.4) is 0 Å². The van der Waals surface area contributed by atoms with E-state index < -0.39 is 17.9 Å². The molecule has 2 aromatic carbocycles. The smallest absolute Gasteiger partial charge is 0.327 e. The Balaban J connectivity index is 2.33. The van der Waals surface area contributed by atoms with E-state index in [0.717, 1.165) is 11.1 Å². The van der Waals surface area contributed by atoms with Crippen LogP contribution in [0.25, 0.3) is 0 Å². The lowest BCUT2D eigenvalue weighted by Crippen LogP contribution is -2.43. The first kappa shape index (κ1) is 16.3. The molecule has 2 N–H and O–H groups in total. The third-order valence-corrected chi connectivity index (χ3v) is 3.46. The van der Waals surface area contributed by atoms with Crippen molar-refractivity contribution >= 4 is 11.9 Å². The van der Waals surface area contributed by atoms with E-state index >= 15 is 0 Å². The van der Waals surface area contributed by atoms with Gasteiger partial charge in [-0.05, 0) is 11.1 Å². The summed E-state index contributed by atoms with van der Waals surface area (Å²) in [4.78, 5) is 23.9. The Bertz CT molecular complexity index is 665. The number of aliphatic carboxylic acids is 1. The zero-order valence-corrected chi connectivity index (χ0v) is 12.5. The van der Waals surface area contributed by atoms with Crippen LogP contribution in [-0.4, -0.2) is 23.0 Å². The summed E-state index contributed by atoms with van der Waals surface area (Å²) in [5.74, 6) is 0.165. The van der Waals surface area contributed by atoms with Crippen LogP contribution in [0.2, 0.25) is 0 Å². The van der Waals surface area contributed by atoms with Gasteiger partial charge < -0.3 is 10.4 Å². The number of carboxylic acids is 1. The SMILES string of the molecule is C#CC[C@H](NC(=O)C(c1ccccc1)c1ccccc1)C(=O)O. The van der Waals surface area contributed by atoms with Gasteiger partial charge >= 0.3 is 5.97 Å². The lowest BCUT2D eigenvalue weighted by Gasteiger charge is -2.20. The first-order valence-electron chi connectivity index (χ1n) is 7.20. The number of terminal acetylenes is 1. The maximum absolute atomic E-state index is 12.7. The molecule has 0 heterocycles. The normalized spacial score (nSPS) is 11.5. The minimum atomic E-state index is -1.14. The Labute approximate surface area is 135 Å². The number of amides is 1. The molecule has 0 saturated heterocycles. The molecule has 0 aromatic heterocycles. The number of carboxylic acid groups (broad SMARTS) is 1. The van der Waals surface area contributed by atoms with Crippen molar-refractivity contribution in [2.45, 2.75) is 18.4 Å². The second-order valence-corrected chi connectivity index (χ2v) is 5.06. The summed E-state index contributed by atoms with van der Waals surface area (Å²) in [6, 6.07) is 17.4.